The summed E-state index contributed by atoms with van der Waals surface area (Å²) in [6, 6.07) is 25.5. The number of ether oxygens (including phenoxy) is 3. The van der Waals surface area contributed by atoms with Crippen LogP contribution in [0.5, 0.6) is 11.5 Å². The van der Waals surface area contributed by atoms with Gasteiger partial charge in [-0.2, -0.15) is 0 Å². The van der Waals surface area contributed by atoms with Gasteiger partial charge in [0.2, 0.25) is 0 Å². The molecule has 4 aromatic rings. The number of carboxylic acids is 1. The van der Waals surface area contributed by atoms with Crippen LogP contribution in [0, 0.1) is 22.5 Å². The van der Waals surface area contributed by atoms with Gasteiger partial charge in [-0.1, -0.05) is 80.3 Å². The van der Waals surface area contributed by atoms with E-state index in [1.165, 1.54) is 83.1 Å². The Kier molecular flexibility index (Phi) is 17.3. The molecule has 0 aromatic heterocycles. The van der Waals surface area contributed by atoms with E-state index in [9.17, 15) is 23.2 Å². The van der Waals surface area contributed by atoms with Crippen LogP contribution >= 0.6 is 0 Å². The van der Waals surface area contributed by atoms with E-state index < -0.39 is 11.8 Å². The number of benzene rings is 4. The summed E-state index contributed by atoms with van der Waals surface area (Å²) in [4.78, 5) is 31.7. The number of aldehydes is 1. The molecule has 63 heavy (non-hydrogen) atoms. The smallest absolute Gasteiger partial charge is 0.319 e. The highest BCUT2D eigenvalue weighted by Gasteiger charge is 2.39. The van der Waals surface area contributed by atoms with Crippen LogP contribution < -0.4 is 15.2 Å². The van der Waals surface area contributed by atoms with E-state index >= 15 is 0 Å². The minimum absolute atomic E-state index is 0.0200. The Balaban J connectivity index is 0.000000184. The van der Waals surface area contributed by atoms with Gasteiger partial charge in [0.15, 0.2) is 6.29 Å². The second kappa shape index (κ2) is 23.0. The van der Waals surface area contributed by atoms with Gasteiger partial charge in [-0.05, 0) is 155 Å². The van der Waals surface area contributed by atoms with Crippen LogP contribution in [0.15, 0.2) is 84.9 Å². The number of aliphatic carboxylic acids is 1. The average Bonchev–Trinajstić information content (AvgIpc) is 3.97. The first-order valence-corrected chi connectivity index (χ1v) is 23.2. The van der Waals surface area contributed by atoms with E-state index in [1.807, 2.05) is 54.6 Å². The highest BCUT2D eigenvalue weighted by atomic mass is 19.1. The number of halogens is 2. The maximum absolute atomic E-state index is 14.9. The van der Waals surface area contributed by atoms with Crippen LogP contribution in [0.2, 0.25) is 0 Å². The van der Waals surface area contributed by atoms with Gasteiger partial charge >= 0.3 is 11.9 Å². The Labute approximate surface area is 371 Å². The van der Waals surface area contributed by atoms with Crippen LogP contribution in [0.4, 0.5) is 8.78 Å². The molecule has 0 heterocycles. The second-order valence-electron chi connectivity index (χ2n) is 18.0. The molecule has 0 saturated heterocycles. The number of carbonyl (C=O) groups is 3. The lowest BCUT2D eigenvalue weighted by atomic mass is 9.72. The monoisotopic (exact) mass is 865 g/mol. The minimum Gasteiger partial charge on any atom is -0.490 e. The van der Waals surface area contributed by atoms with Crippen molar-refractivity contribution in [2.75, 3.05) is 13.2 Å². The lowest BCUT2D eigenvalue weighted by Gasteiger charge is -2.37. The van der Waals surface area contributed by atoms with Crippen LogP contribution in [0.1, 0.15) is 138 Å². The topological polar surface area (TPSA) is 125 Å². The summed E-state index contributed by atoms with van der Waals surface area (Å²) in [6.45, 7) is 2.14. The fourth-order valence-electron chi connectivity index (χ4n) is 10.2. The average molecular weight is 866 g/mol. The molecule has 4 aliphatic carbocycles. The summed E-state index contributed by atoms with van der Waals surface area (Å²) in [6.07, 6.45) is 22.9. The van der Waals surface area contributed by atoms with Gasteiger partial charge in [0, 0.05) is 17.5 Å². The molecule has 4 fully saturated rings. The molecular formula is C53H65F2NO7. The normalized spacial score (nSPS) is 18.7. The van der Waals surface area contributed by atoms with Crippen molar-refractivity contribution in [2.45, 2.75) is 141 Å². The minimum atomic E-state index is -0.849. The molecule has 0 amide bonds. The van der Waals surface area contributed by atoms with E-state index in [2.05, 4.69) is 4.74 Å². The maximum Gasteiger partial charge on any atom is 0.319 e. The van der Waals surface area contributed by atoms with Gasteiger partial charge in [0.05, 0.1) is 30.9 Å². The molecule has 3 N–H and O–H groups in total. The maximum atomic E-state index is 14.9. The summed E-state index contributed by atoms with van der Waals surface area (Å²) in [7, 11) is 0. The molecule has 4 saturated carbocycles. The number of nitrogens with two attached hydrogens (primary N) is 1. The Hall–Kier alpha value is -5.09. The molecule has 4 aromatic carbocycles. The fourth-order valence-corrected chi connectivity index (χ4v) is 10.2. The van der Waals surface area contributed by atoms with Crippen LogP contribution in [-0.2, 0) is 20.7 Å². The molecule has 0 radical (unpaired) electrons. The molecule has 0 atom stereocenters. The van der Waals surface area contributed by atoms with Crippen molar-refractivity contribution in [3.05, 3.63) is 108 Å². The van der Waals surface area contributed by atoms with Crippen molar-refractivity contribution in [3.8, 4) is 33.8 Å². The van der Waals surface area contributed by atoms with Gasteiger partial charge in [-0.25, -0.2) is 8.78 Å². The number of rotatable bonds is 13. The molecule has 0 unspecified atom stereocenters. The van der Waals surface area contributed by atoms with Crippen LogP contribution in [-0.4, -0.2) is 48.7 Å². The van der Waals surface area contributed by atoms with Crippen molar-refractivity contribution in [1.82, 2.24) is 0 Å². The highest BCUT2D eigenvalue weighted by Crippen LogP contribution is 2.50. The number of hydrogen-bond acceptors (Lipinski definition) is 7. The zero-order valence-corrected chi connectivity index (χ0v) is 36.9. The summed E-state index contributed by atoms with van der Waals surface area (Å²) in [5, 5.41) is 8.78. The zero-order valence-electron chi connectivity index (χ0n) is 36.9. The molecular weight excluding hydrogens is 801 g/mol. The molecule has 8 rings (SSSR count). The van der Waals surface area contributed by atoms with Gasteiger partial charge in [0.1, 0.15) is 23.1 Å². The Morgan fingerprint density at radius 1 is 0.683 bits per heavy atom. The van der Waals surface area contributed by atoms with Crippen molar-refractivity contribution in [3.63, 3.8) is 0 Å². The van der Waals surface area contributed by atoms with E-state index in [1.54, 1.807) is 31.2 Å². The lowest BCUT2D eigenvalue weighted by Crippen LogP contribution is -2.30. The molecule has 8 nitrogen and oxygen atoms in total. The van der Waals surface area contributed by atoms with Crippen LogP contribution in [0.25, 0.3) is 22.3 Å². The quantitative estimate of drug-likeness (QED) is 0.101. The SMILES string of the molecule is CCOC(=O)CN.O=C(O)CCCc1cccc(-c2ccc(OC3CCC4(CCCC4)CC3)cc2)c1F.O=Cc1cccc(-c2ccc(OC3CCC4(CCCC4)CC3)cc2)c1F. The molecule has 2 spiro atoms. The first kappa shape index (κ1) is 47.4. The predicted octanol–water partition coefficient (Wildman–Crippen LogP) is 12.5. The third kappa shape index (κ3) is 13.2. The molecule has 10 heteroatoms. The van der Waals surface area contributed by atoms with Crippen molar-refractivity contribution in [1.29, 1.82) is 0 Å². The first-order valence-electron chi connectivity index (χ1n) is 23.2. The summed E-state index contributed by atoms with van der Waals surface area (Å²) >= 11 is 0. The van der Waals surface area contributed by atoms with Gasteiger partial charge in [-0.3, -0.25) is 14.4 Å². The predicted molar refractivity (Wildman–Crippen MR) is 243 cm³/mol. The van der Waals surface area contributed by atoms with E-state index in [0.717, 1.165) is 48.3 Å². The van der Waals surface area contributed by atoms with E-state index in [4.69, 9.17) is 20.3 Å². The van der Waals surface area contributed by atoms with E-state index in [-0.39, 0.29) is 36.4 Å². The third-order valence-corrected chi connectivity index (χ3v) is 13.8. The number of esters is 1. The van der Waals surface area contributed by atoms with Crippen molar-refractivity contribution in [2.24, 2.45) is 16.6 Å². The zero-order chi connectivity index (χ0) is 44.7. The Morgan fingerprint density at radius 3 is 1.56 bits per heavy atom. The number of aryl methyl sites for hydroxylation is 1. The molecule has 338 valence electrons. The summed E-state index contributed by atoms with van der Waals surface area (Å²) in [5.41, 5.74) is 9.33. The largest absolute Gasteiger partial charge is 0.490 e. The standard InChI is InChI=1S/C26H31FO3.C23H25FO2.C4H9NO2/c27-25-20(6-4-8-24(28)29)5-3-7-23(25)19-9-11-21(12-10-19)30-22-13-17-26(18-14-22)15-1-2-16-26;24-22-18(16-25)4-3-5-21(22)17-6-8-19(9-7-17)26-20-10-14-23(15-11-20)12-1-2-13-23;1-2-7-4(6)3-5/h3,5,7,9-12,22H,1-2,4,6,8,13-18H2,(H,28,29);3-9,16,20H,1-2,10-15H2;2-3,5H2,1H3. The lowest BCUT2D eigenvalue weighted by molar-refractivity contribution is -0.141. The highest BCUT2D eigenvalue weighted by molar-refractivity contribution is 5.79. The number of hydrogen-bond donors (Lipinski definition) is 2. The van der Waals surface area contributed by atoms with Crippen molar-refractivity contribution >= 4 is 18.2 Å². The van der Waals surface area contributed by atoms with Gasteiger partial charge in [0.25, 0.3) is 0 Å². The molecule has 4 aliphatic rings. The van der Waals surface area contributed by atoms with E-state index in [0.29, 0.717) is 59.4 Å². The summed E-state index contributed by atoms with van der Waals surface area (Å²) < 4.78 is 46.1. The van der Waals surface area contributed by atoms with Gasteiger partial charge in [-0.15, -0.1) is 0 Å². The Bertz CT molecular complexity index is 2070. The fraction of sp³-hybridized carbons (Fsp3) is 0.491. The van der Waals surface area contributed by atoms with Crippen molar-refractivity contribution < 1.29 is 42.5 Å². The molecule has 0 aliphatic heterocycles. The van der Waals surface area contributed by atoms with Crippen LogP contribution in [0.3, 0.4) is 0 Å². The third-order valence-electron chi connectivity index (χ3n) is 13.8. The summed E-state index contributed by atoms with van der Waals surface area (Å²) in [5.74, 6) is -0.228. The number of carbonyl (C=O) groups excluding carboxylic acids is 2. The first-order chi connectivity index (χ1) is 30.5. The van der Waals surface area contributed by atoms with Gasteiger partial charge < -0.3 is 25.1 Å². The Morgan fingerprint density at radius 2 is 1.14 bits per heavy atom. The second-order valence-corrected chi connectivity index (χ2v) is 18.0. The number of carboxylic acid groups (broad SMARTS) is 1. The molecule has 0 bridgehead atoms.